The van der Waals surface area contributed by atoms with Crippen LogP contribution in [0.25, 0.3) is 0 Å². The predicted molar refractivity (Wildman–Crippen MR) is 160 cm³/mol. The van der Waals surface area contributed by atoms with Crippen molar-refractivity contribution in [3.05, 3.63) is 82.4 Å². The van der Waals surface area contributed by atoms with E-state index >= 15 is 0 Å². The molecule has 1 aliphatic carbocycles. The van der Waals surface area contributed by atoms with Gasteiger partial charge in [0.2, 0.25) is 5.91 Å². The molecule has 1 N–H and O–H groups in total. The van der Waals surface area contributed by atoms with Crippen LogP contribution in [-0.2, 0) is 24.1 Å². The number of benzene rings is 3. The summed E-state index contributed by atoms with van der Waals surface area (Å²) in [7, 11) is 4.98. The lowest BCUT2D eigenvalue weighted by Gasteiger charge is -2.38. The molecular formula is C34H42N2O5. The molecule has 3 aromatic rings. The maximum atomic E-state index is 13.5. The molecule has 0 bridgehead atoms. The van der Waals surface area contributed by atoms with Crippen LogP contribution < -0.4 is 24.3 Å². The molecule has 2 aliphatic rings. The van der Waals surface area contributed by atoms with Gasteiger partial charge in [0, 0.05) is 12.6 Å². The van der Waals surface area contributed by atoms with Crippen molar-refractivity contribution in [2.75, 3.05) is 41.0 Å². The van der Waals surface area contributed by atoms with E-state index in [0.717, 1.165) is 42.9 Å². The minimum atomic E-state index is -0.0224. The van der Waals surface area contributed by atoms with Crippen molar-refractivity contribution < 1.29 is 23.7 Å². The molecule has 41 heavy (non-hydrogen) atoms. The Morgan fingerprint density at radius 1 is 0.878 bits per heavy atom. The average molecular weight is 559 g/mol. The molecule has 5 rings (SSSR count). The fourth-order valence-electron chi connectivity index (χ4n) is 6.08. The van der Waals surface area contributed by atoms with Gasteiger partial charge in [0.15, 0.2) is 23.0 Å². The fourth-order valence-corrected chi connectivity index (χ4v) is 6.08. The van der Waals surface area contributed by atoms with Gasteiger partial charge < -0.3 is 24.3 Å². The molecule has 2 atom stereocenters. The van der Waals surface area contributed by atoms with Gasteiger partial charge in [-0.25, -0.2) is 0 Å². The van der Waals surface area contributed by atoms with Gasteiger partial charge in [0.05, 0.1) is 40.5 Å². The van der Waals surface area contributed by atoms with Crippen LogP contribution in [-0.4, -0.2) is 51.8 Å². The smallest absolute Gasteiger partial charge is 0.234 e. The molecule has 0 fully saturated rings. The van der Waals surface area contributed by atoms with E-state index in [9.17, 15) is 4.79 Å². The van der Waals surface area contributed by atoms with Crippen LogP contribution in [0.1, 0.15) is 60.2 Å². The van der Waals surface area contributed by atoms with Crippen LogP contribution in [0.5, 0.6) is 23.0 Å². The largest absolute Gasteiger partial charge is 0.493 e. The second-order valence-corrected chi connectivity index (χ2v) is 11.4. The second-order valence-electron chi connectivity index (χ2n) is 11.4. The Morgan fingerprint density at radius 3 is 2.39 bits per heavy atom. The summed E-state index contributed by atoms with van der Waals surface area (Å²) in [6.07, 6.45) is 3.49. The van der Waals surface area contributed by atoms with Crippen LogP contribution in [0.2, 0.25) is 0 Å². The highest BCUT2D eigenvalue weighted by Gasteiger charge is 2.32. The van der Waals surface area contributed by atoms with Gasteiger partial charge in [-0.15, -0.1) is 0 Å². The fraction of sp³-hybridized carbons (Fsp3) is 0.441. The Labute approximate surface area is 243 Å². The molecule has 0 saturated heterocycles. The molecule has 218 valence electrons. The molecular weight excluding hydrogens is 516 g/mol. The molecule has 1 heterocycles. The first-order chi connectivity index (χ1) is 19.9. The number of hydrogen-bond donors (Lipinski definition) is 1. The van der Waals surface area contributed by atoms with E-state index in [4.69, 9.17) is 18.9 Å². The number of fused-ring (bicyclic) bond motifs is 2. The van der Waals surface area contributed by atoms with Crippen molar-refractivity contribution in [1.29, 1.82) is 0 Å². The molecule has 0 aromatic heterocycles. The average Bonchev–Trinajstić information content (AvgIpc) is 3.39. The lowest BCUT2D eigenvalue weighted by Crippen LogP contribution is -2.44. The summed E-state index contributed by atoms with van der Waals surface area (Å²) < 4.78 is 23.0. The maximum Gasteiger partial charge on any atom is 0.234 e. The number of hydrogen-bond acceptors (Lipinski definition) is 6. The third kappa shape index (κ3) is 6.46. The van der Waals surface area contributed by atoms with Crippen LogP contribution >= 0.6 is 0 Å². The molecule has 0 radical (unpaired) electrons. The summed E-state index contributed by atoms with van der Waals surface area (Å²) in [6.45, 7) is 5.96. The summed E-state index contributed by atoms with van der Waals surface area (Å²) >= 11 is 0. The highest BCUT2D eigenvalue weighted by atomic mass is 16.5. The van der Waals surface area contributed by atoms with Crippen LogP contribution in [0.3, 0.4) is 0 Å². The number of methoxy groups -OCH3 is 3. The number of nitrogens with one attached hydrogen (secondary N) is 1. The second kappa shape index (κ2) is 12.9. The van der Waals surface area contributed by atoms with E-state index in [1.54, 1.807) is 21.3 Å². The van der Waals surface area contributed by atoms with Crippen molar-refractivity contribution in [3.63, 3.8) is 0 Å². The number of rotatable bonds is 11. The first-order valence-corrected chi connectivity index (χ1v) is 14.6. The van der Waals surface area contributed by atoms with Gasteiger partial charge in [-0.05, 0) is 83.7 Å². The molecule has 0 saturated carbocycles. The molecule has 1 aliphatic heterocycles. The Hall–Kier alpha value is -3.71. The molecule has 2 unspecified atom stereocenters. The van der Waals surface area contributed by atoms with Crippen molar-refractivity contribution in [2.45, 2.75) is 51.6 Å². The van der Waals surface area contributed by atoms with Gasteiger partial charge in [0.1, 0.15) is 0 Å². The van der Waals surface area contributed by atoms with E-state index in [2.05, 4.69) is 66.5 Å². The third-order valence-corrected chi connectivity index (χ3v) is 8.16. The highest BCUT2D eigenvalue weighted by molar-refractivity contribution is 5.79. The molecule has 3 aromatic carbocycles. The van der Waals surface area contributed by atoms with Crippen LogP contribution in [0.4, 0.5) is 0 Å². The number of nitrogens with zero attached hydrogens (tertiary/aromatic N) is 1. The van der Waals surface area contributed by atoms with Crippen LogP contribution in [0, 0.1) is 5.92 Å². The van der Waals surface area contributed by atoms with E-state index in [0.29, 0.717) is 37.0 Å². The molecule has 0 spiro atoms. The number of carbonyl (C=O) groups is 1. The van der Waals surface area contributed by atoms with Crippen molar-refractivity contribution in [1.82, 2.24) is 10.2 Å². The van der Waals surface area contributed by atoms with Gasteiger partial charge in [-0.3, -0.25) is 9.69 Å². The van der Waals surface area contributed by atoms with E-state index in [1.807, 2.05) is 12.1 Å². The normalized spacial score (nSPS) is 18.0. The summed E-state index contributed by atoms with van der Waals surface area (Å²) in [5, 5.41) is 3.32. The van der Waals surface area contributed by atoms with Crippen molar-refractivity contribution in [3.8, 4) is 23.0 Å². The minimum absolute atomic E-state index is 0.0224. The topological polar surface area (TPSA) is 69.3 Å². The van der Waals surface area contributed by atoms with Crippen molar-refractivity contribution in [2.24, 2.45) is 5.92 Å². The monoisotopic (exact) mass is 558 g/mol. The Bertz CT molecular complexity index is 1370. The number of amides is 1. The van der Waals surface area contributed by atoms with Crippen molar-refractivity contribution >= 4 is 5.91 Å². The summed E-state index contributed by atoms with van der Waals surface area (Å²) in [6, 6.07) is 18.7. The minimum Gasteiger partial charge on any atom is -0.493 e. The molecule has 7 heteroatoms. The number of aryl methyl sites for hydroxylation is 1. The third-order valence-electron chi connectivity index (χ3n) is 8.16. The van der Waals surface area contributed by atoms with Gasteiger partial charge >= 0.3 is 0 Å². The zero-order chi connectivity index (χ0) is 28.9. The molecule has 7 nitrogen and oxygen atoms in total. The lowest BCUT2D eigenvalue weighted by atomic mass is 9.88. The predicted octanol–water partition coefficient (Wildman–Crippen LogP) is 5.69. The number of ether oxygens (including phenoxy) is 4. The maximum absolute atomic E-state index is 13.5. The van der Waals surface area contributed by atoms with E-state index in [-0.39, 0.29) is 18.0 Å². The van der Waals surface area contributed by atoms with Crippen LogP contribution in [0.15, 0.2) is 54.6 Å². The Balaban J connectivity index is 1.44. The van der Waals surface area contributed by atoms with Gasteiger partial charge in [0.25, 0.3) is 0 Å². The SMILES string of the molecule is COc1ccc(CC2c3cc(OCC(C)C)c(OC)cc3CCN2CC(=O)NC2CCc3ccccc32)cc1OC. The number of carbonyl (C=O) groups excluding carboxylic acids is 1. The van der Waals surface area contributed by atoms with Gasteiger partial charge in [-0.1, -0.05) is 44.2 Å². The van der Waals surface area contributed by atoms with E-state index < -0.39 is 0 Å². The zero-order valence-electron chi connectivity index (χ0n) is 24.9. The zero-order valence-corrected chi connectivity index (χ0v) is 24.9. The lowest BCUT2D eigenvalue weighted by molar-refractivity contribution is -0.123. The molecule has 1 amide bonds. The van der Waals surface area contributed by atoms with Gasteiger partial charge in [-0.2, -0.15) is 0 Å². The summed E-state index contributed by atoms with van der Waals surface area (Å²) in [4.78, 5) is 15.8. The summed E-state index contributed by atoms with van der Waals surface area (Å²) in [5.74, 6) is 3.33. The first-order valence-electron chi connectivity index (χ1n) is 14.6. The summed E-state index contributed by atoms with van der Waals surface area (Å²) in [5.41, 5.74) is 6.08. The Morgan fingerprint density at radius 2 is 1.63 bits per heavy atom. The Kier molecular flexibility index (Phi) is 9.03. The van der Waals surface area contributed by atoms with E-state index in [1.165, 1.54) is 22.3 Å². The first kappa shape index (κ1) is 28.8. The highest BCUT2D eigenvalue weighted by Crippen LogP contribution is 2.41. The quantitative estimate of drug-likeness (QED) is 0.326. The standard InChI is InChI=1S/C34H42N2O5/c1-22(2)21-41-33-19-27-25(18-32(33)40-5)14-15-36(29(27)16-23-10-13-30(38-3)31(17-23)39-4)20-34(37)35-28-12-11-24-8-6-7-9-26(24)28/h6-10,13,17-19,22,28-29H,11-12,14-16,20-21H2,1-5H3,(H,35,37).